The van der Waals surface area contributed by atoms with E-state index in [1.54, 1.807) is 37.3 Å². The molecular formula is C17H17ClN4O2. The number of aryl methyl sites for hydroxylation is 1. The zero-order chi connectivity index (χ0) is 17.3. The van der Waals surface area contributed by atoms with E-state index in [-0.39, 0.29) is 11.6 Å². The van der Waals surface area contributed by atoms with Crippen molar-refractivity contribution in [3.05, 3.63) is 46.7 Å². The maximum absolute atomic E-state index is 12.8. The lowest BCUT2D eigenvalue weighted by Gasteiger charge is -2.22. The first-order valence-corrected chi connectivity index (χ1v) is 8.05. The second kappa shape index (κ2) is 6.57. The Hall–Kier alpha value is -2.47. The molecule has 1 aromatic carbocycles. The van der Waals surface area contributed by atoms with Crippen LogP contribution in [0.1, 0.15) is 29.0 Å². The molecular weight excluding hydrogens is 328 g/mol. The fraction of sp³-hybridized carbons (Fsp3) is 0.294. The van der Waals surface area contributed by atoms with Gasteiger partial charge in [0.15, 0.2) is 5.82 Å². The number of aromatic nitrogens is 2. The van der Waals surface area contributed by atoms with E-state index in [4.69, 9.17) is 17.3 Å². The van der Waals surface area contributed by atoms with Crippen molar-refractivity contribution in [3.8, 4) is 11.4 Å². The monoisotopic (exact) mass is 344 g/mol. The summed E-state index contributed by atoms with van der Waals surface area (Å²) in [4.78, 5) is 34.5. The summed E-state index contributed by atoms with van der Waals surface area (Å²) in [6.45, 7) is 2.30. The molecule has 2 N–H and O–H groups in total. The molecule has 1 aromatic heterocycles. The molecule has 2 heterocycles. The Kier molecular flexibility index (Phi) is 4.49. The normalized spacial score (nSPS) is 17.1. The van der Waals surface area contributed by atoms with Gasteiger partial charge in [0.25, 0.3) is 5.91 Å². The highest BCUT2D eigenvalue weighted by molar-refractivity contribution is 6.30. The van der Waals surface area contributed by atoms with Crippen molar-refractivity contribution in [2.45, 2.75) is 25.8 Å². The molecule has 1 atom stereocenters. The maximum atomic E-state index is 12.8. The fourth-order valence-electron chi connectivity index (χ4n) is 2.86. The molecule has 1 fully saturated rings. The van der Waals surface area contributed by atoms with Gasteiger partial charge in [0.05, 0.1) is 0 Å². The Morgan fingerprint density at radius 1 is 1.25 bits per heavy atom. The number of amides is 2. The van der Waals surface area contributed by atoms with E-state index in [1.165, 1.54) is 4.90 Å². The quantitative estimate of drug-likeness (QED) is 0.924. The number of hydrogen-bond donors (Lipinski definition) is 1. The smallest absolute Gasteiger partial charge is 0.273 e. The molecule has 0 unspecified atom stereocenters. The Morgan fingerprint density at radius 3 is 2.62 bits per heavy atom. The van der Waals surface area contributed by atoms with Crippen LogP contribution in [0.2, 0.25) is 5.02 Å². The zero-order valence-corrected chi connectivity index (χ0v) is 14.0. The Balaban J connectivity index is 1.95. The van der Waals surface area contributed by atoms with E-state index >= 15 is 0 Å². The number of hydrogen-bond acceptors (Lipinski definition) is 4. The third-order valence-corrected chi connectivity index (χ3v) is 4.27. The van der Waals surface area contributed by atoms with Crippen LogP contribution in [-0.4, -0.2) is 39.3 Å². The predicted molar refractivity (Wildman–Crippen MR) is 90.5 cm³/mol. The van der Waals surface area contributed by atoms with Gasteiger partial charge in [-0.1, -0.05) is 11.6 Å². The SMILES string of the molecule is Cc1cc(C(=O)N2CCC[C@@H]2C(N)=O)nc(-c2ccc(Cl)cc2)n1. The lowest BCUT2D eigenvalue weighted by atomic mass is 10.2. The number of carbonyl (C=O) groups excluding carboxylic acids is 2. The summed E-state index contributed by atoms with van der Waals surface area (Å²) < 4.78 is 0. The Labute approximate surface area is 144 Å². The zero-order valence-electron chi connectivity index (χ0n) is 13.2. The van der Waals surface area contributed by atoms with Crippen LogP contribution in [-0.2, 0) is 4.79 Å². The highest BCUT2D eigenvalue weighted by Gasteiger charge is 2.34. The minimum atomic E-state index is -0.563. The van der Waals surface area contributed by atoms with Crippen molar-refractivity contribution < 1.29 is 9.59 Å². The number of likely N-dealkylation sites (tertiary alicyclic amines) is 1. The summed E-state index contributed by atoms with van der Waals surface area (Å²) in [5.41, 5.74) is 7.10. The maximum Gasteiger partial charge on any atom is 0.273 e. The van der Waals surface area contributed by atoms with Crippen LogP contribution in [0.15, 0.2) is 30.3 Å². The van der Waals surface area contributed by atoms with E-state index in [0.717, 1.165) is 12.0 Å². The number of benzene rings is 1. The summed E-state index contributed by atoms with van der Waals surface area (Å²) in [5.74, 6) is -0.327. The number of halogens is 1. The van der Waals surface area contributed by atoms with Crippen molar-refractivity contribution in [2.24, 2.45) is 5.73 Å². The topological polar surface area (TPSA) is 89.2 Å². The van der Waals surface area contributed by atoms with E-state index < -0.39 is 11.9 Å². The first kappa shape index (κ1) is 16.4. The fourth-order valence-corrected chi connectivity index (χ4v) is 2.98. The second-order valence-corrected chi connectivity index (χ2v) is 6.22. The van der Waals surface area contributed by atoms with Gasteiger partial charge in [-0.15, -0.1) is 0 Å². The van der Waals surface area contributed by atoms with Crippen LogP contribution in [0.5, 0.6) is 0 Å². The first-order chi connectivity index (χ1) is 11.5. The molecule has 1 aliphatic rings. The van der Waals surface area contributed by atoms with Crippen LogP contribution in [0.25, 0.3) is 11.4 Å². The highest BCUT2D eigenvalue weighted by Crippen LogP contribution is 2.22. The third-order valence-electron chi connectivity index (χ3n) is 4.02. The van der Waals surface area contributed by atoms with E-state index in [0.29, 0.717) is 29.5 Å². The Morgan fingerprint density at radius 2 is 1.96 bits per heavy atom. The number of nitrogens with zero attached hydrogens (tertiary/aromatic N) is 3. The first-order valence-electron chi connectivity index (χ1n) is 7.67. The molecule has 124 valence electrons. The van der Waals surface area contributed by atoms with Gasteiger partial charge >= 0.3 is 0 Å². The number of primary amides is 1. The predicted octanol–water partition coefficient (Wildman–Crippen LogP) is 2.20. The molecule has 0 spiro atoms. The van der Waals surface area contributed by atoms with Gasteiger partial charge < -0.3 is 10.6 Å². The summed E-state index contributed by atoms with van der Waals surface area (Å²) in [6, 6.07) is 8.15. The van der Waals surface area contributed by atoms with Gasteiger partial charge in [-0.05, 0) is 50.1 Å². The van der Waals surface area contributed by atoms with Crippen molar-refractivity contribution in [1.29, 1.82) is 0 Å². The molecule has 0 bridgehead atoms. The van der Waals surface area contributed by atoms with Gasteiger partial charge in [0, 0.05) is 22.8 Å². The largest absolute Gasteiger partial charge is 0.368 e. The van der Waals surface area contributed by atoms with Gasteiger partial charge in [-0.2, -0.15) is 0 Å². The van der Waals surface area contributed by atoms with Crippen LogP contribution in [0.4, 0.5) is 0 Å². The molecule has 24 heavy (non-hydrogen) atoms. The van der Waals surface area contributed by atoms with Crippen molar-refractivity contribution >= 4 is 23.4 Å². The van der Waals surface area contributed by atoms with Crippen molar-refractivity contribution in [2.75, 3.05) is 6.54 Å². The molecule has 1 saturated heterocycles. The average molecular weight is 345 g/mol. The number of carbonyl (C=O) groups is 2. The molecule has 2 aromatic rings. The third kappa shape index (κ3) is 3.23. The van der Waals surface area contributed by atoms with Crippen LogP contribution < -0.4 is 5.73 Å². The van der Waals surface area contributed by atoms with Crippen molar-refractivity contribution in [3.63, 3.8) is 0 Å². The molecule has 1 aliphatic heterocycles. The van der Waals surface area contributed by atoms with E-state index in [2.05, 4.69) is 9.97 Å². The number of rotatable bonds is 3. The lowest BCUT2D eigenvalue weighted by molar-refractivity contribution is -0.121. The molecule has 6 nitrogen and oxygen atoms in total. The molecule has 3 rings (SSSR count). The van der Waals surface area contributed by atoms with Gasteiger partial charge in [-0.25, -0.2) is 9.97 Å². The summed E-state index contributed by atoms with van der Waals surface area (Å²) in [5, 5.41) is 0.615. The van der Waals surface area contributed by atoms with E-state index in [9.17, 15) is 9.59 Å². The summed E-state index contributed by atoms with van der Waals surface area (Å²) in [6.07, 6.45) is 1.35. The summed E-state index contributed by atoms with van der Waals surface area (Å²) >= 11 is 5.90. The van der Waals surface area contributed by atoms with Gasteiger partial charge in [0.2, 0.25) is 5.91 Å². The average Bonchev–Trinajstić information content (AvgIpc) is 3.04. The lowest BCUT2D eigenvalue weighted by Crippen LogP contribution is -2.44. The van der Waals surface area contributed by atoms with Gasteiger partial charge in [-0.3, -0.25) is 9.59 Å². The minimum Gasteiger partial charge on any atom is -0.368 e. The molecule has 0 saturated carbocycles. The standard InChI is InChI=1S/C17H17ClN4O2/c1-10-9-13(17(24)22-8-2-3-14(22)15(19)23)21-16(20-10)11-4-6-12(18)7-5-11/h4-7,9,14H,2-3,8H2,1H3,(H2,19,23)/t14-/m1/s1. The van der Waals surface area contributed by atoms with Crippen LogP contribution in [0.3, 0.4) is 0 Å². The molecule has 7 heteroatoms. The van der Waals surface area contributed by atoms with E-state index in [1.807, 2.05) is 0 Å². The molecule has 2 amide bonds. The summed E-state index contributed by atoms with van der Waals surface area (Å²) in [7, 11) is 0. The Bertz CT molecular complexity index is 792. The van der Waals surface area contributed by atoms with Crippen LogP contribution >= 0.6 is 11.6 Å². The number of nitrogens with two attached hydrogens (primary N) is 1. The molecule has 0 radical (unpaired) electrons. The highest BCUT2D eigenvalue weighted by atomic mass is 35.5. The van der Waals surface area contributed by atoms with Gasteiger partial charge in [0.1, 0.15) is 11.7 Å². The molecule has 0 aliphatic carbocycles. The van der Waals surface area contributed by atoms with Crippen LogP contribution in [0, 0.1) is 6.92 Å². The minimum absolute atomic E-state index is 0.264. The van der Waals surface area contributed by atoms with Crippen molar-refractivity contribution in [1.82, 2.24) is 14.9 Å². The second-order valence-electron chi connectivity index (χ2n) is 5.78.